The number of fused-ring (bicyclic) bond motifs is 15. The zero-order valence-corrected chi connectivity index (χ0v) is 35.0. The van der Waals surface area contributed by atoms with Gasteiger partial charge in [0.05, 0.1) is 23.9 Å². The lowest BCUT2D eigenvalue weighted by Gasteiger charge is -2.59. The van der Waals surface area contributed by atoms with Crippen molar-refractivity contribution in [2.75, 3.05) is 14.2 Å². The molecule has 6 bridgehead atoms. The number of aliphatic hydroxyl groups is 2. The second-order valence-corrected chi connectivity index (χ2v) is 19.8. The van der Waals surface area contributed by atoms with Gasteiger partial charge < -0.3 is 34.0 Å². The van der Waals surface area contributed by atoms with Crippen molar-refractivity contribution in [1.29, 1.82) is 0 Å². The van der Waals surface area contributed by atoms with Gasteiger partial charge in [-0.25, -0.2) is 0 Å². The molecule has 3 aromatic rings. The number of anilines is 3. The maximum atomic E-state index is 15.6. The summed E-state index contributed by atoms with van der Waals surface area (Å²) in [6, 6.07) is 29.2. The van der Waals surface area contributed by atoms with Crippen molar-refractivity contribution in [2.24, 2.45) is 65.1 Å². The number of carbonyl (C=O) groups is 3. The van der Waals surface area contributed by atoms with Gasteiger partial charge in [0.1, 0.15) is 12.5 Å². The molecule has 3 amide bonds. The van der Waals surface area contributed by atoms with Crippen LogP contribution in [0.4, 0.5) is 17.1 Å². The van der Waals surface area contributed by atoms with Crippen LogP contribution in [0.5, 0.6) is 0 Å². The van der Waals surface area contributed by atoms with Gasteiger partial charge in [-0.2, -0.15) is 4.97 Å². The average Bonchev–Trinajstić information content (AvgIpc) is 4.17. The lowest BCUT2D eigenvalue weighted by Crippen LogP contribution is -2.89. The average molecular weight is 826 g/mol. The Morgan fingerprint density at radius 2 is 0.984 bits per heavy atom. The van der Waals surface area contributed by atoms with Gasteiger partial charge in [-0.15, -0.1) is 0 Å². The molecular weight excluding hydrogens is 777 g/mol. The number of rotatable bonds is 6. The third-order valence-corrected chi connectivity index (χ3v) is 17.1. The van der Waals surface area contributed by atoms with E-state index >= 15 is 14.4 Å². The van der Waals surface area contributed by atoms with Crippen LogP contribution in [0.15, 0.2) is 126 Å². The van der Waals surface area contributed by atoms with Crippen LogP contribution in [0.25, 0.3) is 0 Å². The highest BCUT2D eigenvalue weighted by Crippen LogP contribution is 2.60. The van der Waals surface area contributed by atoms with Crippen LogP contribution in [-0.4, -0.2) is 82.4 Å². The lowest BCUT2D eigenvalue weighted by atomic mass is 9.52. The number of aliphatic hydroxyl groups excluding tert-OH is 2. The Morgan fingerprint density at radius 3 is 1.60 bits per heavy atom. The minimum Gasteiger partial charge on any atom is -0.388 e. The molecule has 4 saturated heterocycles. The number of imide groups is 1. The first-order chi connectivity index (χ1) is 30.1. The van der Waals surface area contributed by atoms with Crippen LogP contribution < -0.4 is 14.2 Å². The lowest BCUT2D eigenvalue weighted by molar-refractivity contribution is -0.146. The Labute approximate surface area is 362 Å². The van der Waals surface area contributed by atoms with Crippen LogP contribution in [0, 0.1) is 65.1 Å². The van der Waals surface area contributed by atoms with E-state index in [-0.39, 0.29) is 71.2 Å². The molecule has 0 spiro atoms. The first-order valence-electron chi connectivity index (χ1n) is 22.7. The van der Waals surface area contributed by atoms with E-state index in [1.165, 1.54) is 16.0 Å². The van der Waals surface area contributed by atoms with Crippen LogP contribution in [0.2, 0.25) is 0 Å². The van der Waals surface area contributed by atoms with E-state index in [9.17, 15) is 10.2 Å². The molecule has 12 nitrogen and oxygen atoms in total. The van der Waals surface area contributed by atoms with E-state index in [1.54, 1.807) is 9.79 Å². The zero-order valence-electron chi connectivity index (χ0n) is 35.0. The van der Waals surface area contributed by atoms with Gasteiger partial charge in [-0.3, -0.25) is 19.2 Å². The number of hydrogen-bond acceptors (Lipinski definition) is 10. The van der Waals surface area contributed by atoms with Crippen molar-refractivity contribution in [3.63, 3.8) is 0 Å². The number of hydroxylamine groups is 1. The van der Waals surface area contributed by atoms with Gasteiger partial charge in [-0.05, 0) is 106 Å². The summed E-state index contributed by atoms with van der Waals surface area (Å²) in [4.78, 5) is 58.6. The summed E-state index contributed by atoms with van der Waals surface area (Å²) in [5.41, 5.74) is 5.65. The molecular formula is C47H49B3N6O6. The van der Waals surface area contributed by atoms with Crippen molar-refractivity contribution in [3.8, 4) is 0 Å². The Balaban J connectivity index is 1.07. The van der Waals surface area contributed by atoms with E-state index in [2.05, 4.69) is 43.7 Å². The van der Waals surface area contributed by atoms with Gasteiger partial charge in [0.25, 0.3) is 0 Å². The standard InChI is InChI=1S/C47H49B3N6O6/c1-25-19-28-22-34(25)40-37(28)43(57)51(45(40)59)48-53(31-13-7-4-8-14-31)49(52-44(58)38-29-20-26(2)35(23-29)41(38)46(52)60)55(33-17-11-6-12-18-33)50(54(48)32-15-9-5-10-16-32)56-47(61)39-30-21-27(3)36(24-30)42(39)62-56/h4-21,28-30,34-43,47,57,61H,22-24H2,1-3H3. The summed E-state index contributed by atoms with van der Waals surface area (Å²) in [6.07, 6.45) is 6.68. The Morgan fingerprint density at radius 1 is 0.516 bits per heavy atom. The first kappa shape index (κ1) is 37.5. The largest absolute Gasteiger partial charge is 0.493 e. The molecule has 0 aromatic heterocycles. The Kier molecular flexibility index (Phi) is 8.00. The highest BCUT2D eigenvalue weighted by atomic mass is 16.7. The van der Waals surface area contributed by atoms with Crippen LogP contribution in [-0.2, 0) is 19.2 Å². The molecule has 4 aliphatic heterocycles. The van der Waals surface area contributed by atoms with E-state index in [1.807, 2.05) is 100 Å². The van der Waals surface area contributed by atoms with E-state index < -0.39 is 51.6 Å². The maximum absolute atomic E-state index is 15.6. The molecule has 3 saturated carbocycles. The third-order valence-electron chi connectivity index (χ3n) is 17.1. The third kappa shape index (κ3) is 4.77. The predicted molar refractivity (Wildman–Crippen MR) is 235 cm³/mol. The number of allylic oxidation sites excluding steroid dienone is 5. The molecule has 62 heavy (non-hydrogen) atoms. The first-order valence-corrected chi connectivity index (χ1v) is 22.7. The second kappa shape index (κ2) is 13.2. The molecule has 10 aliphatic rings. The van der Waals surface area contributed by atoms with Crippen LogP contribution in [0.3, 0.4) is 0 Å². The van der Waals surface area contributed by atoms with E-state index in [4.69, 9.17) is 4.84 Å². The summed E-state index contributed by atoms with van der Waals surface area (Å²) in [7, 11) is -3.30. The molecule has 4 heterocycles. The number of para-hydroxylation sites is 3. The molecule has 7 fully saturated rings. The molecule has 0 radical (unpaired) electrons. The summed E-state index contributed by atoms with van der Waals surface area (Å²) < 4.78 is 6.14. The normalized spacial score (nSPS) is 38.9. The molecule has 13 rings (SSSR count). The summed E-state index contributed by atoms with van der Waals surface area (Å²) in [5, 5.41) is 25.7. The number of carbonyl (C=O) groups excluding carboxylic acids is 3. The quantitative estimate of drug-likeness (QED) is 0.204. The monoisotopic (exact) mass is 826 g/mol. The van der Waals surface area contributed by atoms with Crippen molar-refractivity contribution in [2.45, 2.75) is 58.6 Å². The number of amides is 3. The summed E-state index contributed by atoms with van der Waals surface area (Å²) in [5.74, 6) is -2.36. The predicted octanol–water partition coefficient (Wildman–Crippen LogP) is 4.81. The molecule has 3 aromatic carbocycles. The molecule has 15 heteroatoms. The van der Waals surface area contributed by atoms with Gasteiger partial charge in [0, 0.05) is 34.8 Å². The second-order valence-electron chi connectivity index (χ2n) is 19.8. The fourth-order valence-electron chi connectivity index (χ4n) is 14.6. The number of benzene rings is 3. The van der Waals surface area contributed by atoms with E-state index in [0.717, 1.165) is 24.8 Å². The Hall–Kier alpha value is -5.08. The minimum atomic E-state index is -1.18. The molecule has 2 N–H and O–H groups in total. The number of hydrogen-bond donors (Lipinski definition) is 2. The minimum absolute atomic E-state index is 0.0187. The van der Waals surface area contributed by atoms with Crippen molar-refractivity contribution in [1.82, 2.24) is 14.6 Å². The van der Waals surface area contributed by atoms with Gasteiger partial charge in [0.2, 0.25) is 17.7 Å². The van der Waals surface area contributed by atoms with Gasteiger partial charge >= 0.3 is 21.4 Å². The van der Waals surface area contributed by atoms with Crippen LogP contribution in [0.1, 0.15) is 40.0 Å². The fraction of sp³-hybridized carbons (Fsp3) is 0.426. The SMILES string of the molecule is CC1=CC2CC1C1ON(B3N(c4ccccc4)B(N4C(=O)C5C6C=C(C)C(C6)C5C4=O)N(c4ccccc4)B(N4C(=O)C5C6CC(C=C6C)C5C4O)N3c3ccccc3)C(O)C21. The highest BCUT2D eigenvalue weighted by molar-refractivity contribution is 7.04. The van der Waals surface area contributed by atoms with E-state index in [0.29, 0.717) is 17.1 Å². The van der Waals surface area contributed by atoms with Gasteiger partial charge in [0.15, 0.2) is 0 Å². The van der Waals surface area contributed by atoms with Crippen LogP contribution >= 0.6 is 0 Å². The number of nitrogens with zero attached hydrogens (tertiary/aromatic N) is 6. The van der Waals surface area contributed by atoms with Crippen molar-refractivity contribution in [3.05, 3.63) is 126 Å². The fourth-order valence-corrected chi connectivity index (χ4v) is 14.6. The molecule has 312 valence electrons. The topological polar surface area (TPSA) is 120 Å². The van der Waals surface area contributed by atoms with Crippen molar-refractivity contribution >= 4 is 56.1 Å². The Bertz CT molecular complexity index is 2500. The highest BCUT2D eigenvalue weighted by Gasteiger charge is 2.74. The maximum Gasteiger partial charge on any atom is 0.493 e. The molecule has 6 aliphatic carbocycles. The summed E-state index contributed by atoms with van der Waals surface area (Å²) in [6.45, 7) is 6.31. The summed E-state index contributed by atoms with van der Waals surface area (Å²) >= 11 is 0. The smallest absolute Gasteiger partial charge is 0.388 e. The van der Waals surface area contributed by atoms with Crippen molar-refractivity contribution < 1.29 is 29.4 Å². The van der Waals surface area contributed by atoms with Gasteiger partial charge in [-0.1, -0.05) is 89.5 Å². The molecule has 14 atom stereocenters. The zero-order chi connectivity index (χ0) is 42.0. The molecule has 14 unspecified atom stereocenters.